The number of anilines is 2. The van der Waals surface area contributed by atoms with Gasteiger partial charge in [0.1, 0.15) is 5.76 Å². The third-order valence-corrected chi connectivity index (χ3v) is 4.16. The molecule has 0 atom stereocenters. The van der Waals surface area contributed by atoms with Gasteiger partial charge >= 0.3 is 0 Å². The molecule has 2 N–H and O–H groups in total. The summed E-state index contributed by atoms with van der Waals surface area (Å²) in [4.78, 5) is 23.4. The molecule has 5 nitrogen and oxygen atoms in total. The van der Waals surface area contributed by atoms with Crippen LogP contribution in [0.1, 0.15) is 23.0 Å². The number of benzene rings is 2. The van der Waals surface area contributed by atoms with E-state index >= 15 is 0 Å². The molecule has 0 aliphatic heterocycles. The second-order valence-electron chi connectivity index (χ2n) is 5.84. The minimum atomic E-state index is -0.360. The maximum atomic E-state index is 12.3. The van der Waals surface area contributed by atoms with Crippen molar-refractivity contribution in [1.82, 2.24) is 0 Å². The molecule has 26 heavy (non-hydrogen) atoms. The molecule has 0 aliphatic carbocycles. The van der Waals surface area contributed by atoms with Gasteiger partial charge in [-0.05, 0) is 55.0 Å². The first-order valence-electron chi connectivity index (χ1n) is 7.98. The molecule has 2 aromatic carbocycles. The molecular formula is C20H17ClN2O3. The van der Waals surface area contributed by atoms with Crippen molar-refractivity contribution in [2.75, 3.05) is 10.6 Å². The summed E-state index contributed by atoms with van der Waals surface area (Å²) in [6.07, 6.45) is 0. The first-order valence-corrected chi connectivity index (χ1v) is 8.35. The van der Waals surface area contributed by atoms with Gasteiger partial charge in [-0.3, -0.25) is 9.59 Å². The second kappa shape index (κ2) is 7.45. The molecule has 2 amide bonds. The predicted octanol–water partition coefficient (Wildman–Crippen LogP) is 5.12. The smallest absolute Gasteiger partial charge is 0.291 e. The third kappa shape index (κ3) is 4.13. The predicted molar refractivity (Wildman–Crippen MR) is 103 cm³/mol. The van der Waals surface area contributed by atoms with Crippen molar-refractivity contribution in [1.29, 1.82) is 0 Å². The van der Waals surface area contributed by atoms with Gasteiger partial charge in [0.15, 0.2) is 5.76 Å². The highest BCUT2D eigenvalue weighted by atomic mass is 35.5. The van der Waals surface area contributed by atoms with Crippen LogP contribution in [0.15, 0.2) is 59.0 Å². The lowest BCUT2D eigenvalue weighted by Crippen LogP contribution is -2.11. The number of aryl methyl sites for hydroxylation is 1. The summed E-state index contributed by atoms with van der Waals surface area (Å²) in [6.45, 7) is 3.36. The Morgan fingerprint density at radius 2 is 1.58 bits per heavy atom. The largest absolute Gasteiger partial charge is 0.451 e. The van der Waals surface area contributed by atoms with Crippen LogP contribution in [0.3, 0.4) is 0 Å². The van der Waals surface area contributed by atoms with Crippen LogP contribution in [0, 0.1) is 6.92 Å². The van der Waals surface area contributed by atoms with Crippen LogP contribution >= 0.6 is 11.6 Å². The number of amides is 2. The number of halogens is 1. The van der Waals surface area contributed by atoms with Crippen molar-refractivity contribution in [3.63, 3.8) is 0 Å². The van der Waals surface area contributed by atoms with Crippen LogP contribution in [-0.4, -0.2) is 11.8 Å². The number of rotatable bonds is 4. The monoisotopic (exact) mass is 368 g/mol. The number of carbonyl (C=O) groups excluding carboxylic acids is 2. The highest BCUT2D eigenvalue weighted by Gasteiger charge is 2.13. The Kier molecular flexibility index (Phi) is 5.09. The number of hydrogen-bond acceptors (Lipinski definition) is 3. The van der Waals surface area contributed by atoms with Gasteiger partial charge in [0.25, 0.3) is 5.91 Å². The molecule has 0 bridgehead atoms. The summed E-state index contributed by atoms with van der Waals surface area (Å²) in [6, 6.07) is 15.8. The molecule has 1 heterocycles. The van der Waals surface area contributed by atoms with Gasteiger partial charge in [-0.2, -0.15) is 0 Å². The standard InChI is InChI=1S/C20H17ClN2O3/c1-12-3-4-14(11-17(12)21)18-9-10-19(26-18)20(25)23-16-7-5-15(6-8-16)22-13(2)24/h3-11H,1-2H3,(H,22,24)(H,23,25). The van der Waals surface area contributed by atoms with E-state index in [-0.39, 0.29) is 17.6 Å². The Morgan fingerprint density at radius 3 is 2.19 bits per heavy atom. The van der Waals surface area contributed by atoms with E-state index in [1.165, 1.54) is 6.92 Å². The maximum absolute atomic E-state index is 12.3. The van der Waals surface area contributed by atoms with E-state index in [4.69, 9.17) is 16.0 Å². The Labute approximate surface area is 156 Å². The van der Waals surface area contributed by atoms with Gasteiger partial charge in [0.2, 0.25) is 5.91 Å². The second-order valence-corrected chi connectivity index (χ2v) is 6.25. The van der Waals surface area contributed by atoms with E-state index in [9.17, 15) is 9.59 Å². The highest BCUT2D eigenvalue weighted by molar-refractivity contribution is 6.31. The Morgan fingerprint density at radius 1 is 0.923 bits per heavy atom. The summed E-state index contributed by atoms with van der Waals surface area (Å²) in [5.74, 6) is 0.253. The Bertz CT molecular complexity index is 961. The van der Waals surface area contributed by atoms with E-state index < -0.39 is 0 Å². The lowest BCUT2D eigenvalue weighted by molar-refractivity contribution is -0.114. The molecule has 1 aromatic heterocycles. The average Bonchev–Trinajstić information content (AvgIpc) is 3.09. The number of nitrogens with one attached hydrogen (secondary N) is 2. The molecular weight excluding hydrogens is 352 g/mol. The summed E-state index contributed by atoms with van der Waals surface area (Å²) >= 11 is 6.14. The van der Waals surface area contributed by atoms with E-state index in [1.807, 2.05) is 19.1 Å². The average molecular weight is 369 g/mol. The first-order chi connectivity index (χ1) is 12.4. The molecule has 6 heteroatoms. The van der Waals surface area contributed by atoms with Crippen molar-refractivity contribution in [3.05, 3.63) is 70.9 Å². The van der Waals surface area contributed by atoms with Crippen molar-refractivity contribution in [2.45, 2.75) is 13.8 Å². The van der Waals surface area contributed by atoms with Gasteiger partial charge in [0.05, 0.1) is 0 Å². The highest BCUT2D eigenvalue weighted by Crippen LogP contribution is 2.27. The van der Waals surface area contributed by atoms with Gasteiger partial charge < -0.3 is 15.1 Å². The van der Waals surface area contributed by atoms with Gasteiger partial charge in [-0.15, -0.1) is 0 Å². The molecule has 3 aromatic rings. The number of hydrogen-bond donors (Lipinski definition) is 2. The number of furan rings is 1. The summed E-state index contributed by atoms with van der Waals surface area (Å²) in [5, 5.41) is 6.06. The van der Waals surface area contributed by atoms with E-state index in [1.54, 1.807) is 42.5 Å². The zero-order valence-corrected chi connectivity index (χ0v) is 15.1. The van der Waals surface area contributed by atoms with Gasteiger partial charge in [-0.1, -0.05) is 23.7 Å². The Balaban J connectivity index is 1.71. The van der Waals surface area contributed by atoms with Crippen LogP contribution in [0.4, 0.5) is 11.4 Å². The van der Waals surface area contributed by atoms with Crippen LogP contribution < -0.4 is 10.6 Å². The minimum Gasteiger partial charge on any atom is -0.451 e. The third-order valence-electron chi connectivity index (χ3n) is 3.75. The fourth-order valence-corrected chi connectivity index (χ4v) is 2.57. The first kappa shape index (κ1) is 17.8. The van der Waals surface area contributed by atoms with Crippen molar-refractivity contribution < 1.29 is 14.0 Å². The van der Waals surface area contributed by atoms with Crippen molar-refractivity contribution in [3.8, 4) is 11.3 Å². The van der Waals surface area contributed by atoms with Crippen molar-refractivity contribution >= 4 is 34.8 Å². The fourth-order valence-electron chi connectivity index (χ4n) is 2.39. The SMILES string of the molecule is CC(=O)Nc1ccc(NC(=O)c2ccc(-c3ccc(C)c(Cl)c3)o2)cc1. The van der Waals surface area contributed by atoms with Gasteiger partial charge in [-0.25, -0.2) is 0 Å². The zero-order valence-electron chi connectivity index (χ0n) is 14.3. The van der Waals surface area contributed by atoms with Crippen LogP contribution in [-0.2, 0) is 4.79 Å². The number of carbonyl (C=O) groups is 2. The molecule has 0 fully saturated rings. The molecule has 0 spiro atoms. The molecule has 0 radical (unpaired) electrons. The van der Waals surface area contributed by atoms with E-state index in [0.29, 0.717) is 22.2 Å². The molecule has 3 rings (SSSR count). The summed E-state index contributed by atoms with van der Waals surface area (Å²) < 4.78 is 5.65. The molecule has 0 aliphatic rings. The molecule has 0 saturated carbocycles. The molecule has 0 saturated heterocycles. The van der Waals surface area contributed by atoms with Gasteiger partial charge in [0, 0.05) is 28.9 Å². The minimum absolute atomic E-state index is 0.152. The maximum Gasteiger partial charge on any atom is 0.291 e. The molecule has 132 valence electrons. The summed E-state index contributed by atoms with van der Waals surface area (Å²) in [5.41, 5.74) is 3.04. The summed E-state index contributed by atoms with van der Waals surface area (Å²) in [7, 11) is 0. The van der Waals surface area contributed by atoms with E-state index in [2.05, 4.69) is 10.6 Å². The van der Waals surface area contributed by atoms with Crippen LogP contribution in [0.5, 0.6) is 0 Å². The quantitative estimate of drug-likeness (QED) is 0.671. The van der Waals surface area contributed by atoms with Crippen molar-refractivity contribution in [2.24, 2.45) is 0 Å². The fraction of sp³-hybridized carbons (Fsp3) is 0.100. The van der Waals surface area contributed by atoms with Crippen LogP contribution in [0.25, 0.3) is 11.3 Å². The lowest BCUT2D eigenvalue weighted by Gasteiger charge is -2.06. The molecule has 0 unspecified atom stereocenters. The normalized spacial score (nSPS) is 10.4. The van der Waals surface area contributed by atoms with Crippen LogP contribution in [0.2, 0.25) is 5.02 Å². The zero-order chi connectivity index (χ0) is 18.7. The van der Waals surface area contributed by atoms with E-state index in [0.717, 1.165) is 11.1 Å². The lowest BCUT2D eigenvalue weighted by atomic mass is 10.1. The Hall–Kier alpha value is -3.05. The topological polar surface area (TPSA) is 71.3 Å².